The molecule has 4 rings (SSSR count). The van der Waals surface area contributed by atoms with E-state index in [0.717, 1.165) is 48.4 Å². The summed E-state index contributed by atoms with van der Waals surface area (Å²) in [5.74, 6) is 2.50. The number of amides is 1. The van der Waals surface area contributed by atoms with Gasteiger partial charge in [0.25, 0.3) is 5.91 Å². The van der Waals surface area contributed by atoms with E-state index in [2.05, 4.69) is 35.0 Å². The van der Waals surface area contributed by atoms with E-state index in [1.807, 2.05) is 60.7 Å². The van der Waals surface area contributed by atoms with Gasteiger partial charge in [0.2, 0.25) is 0 Å². The summed E-state index contributed by atoms with van der Waals surface area (Å²) in [6.07, 6.45) is 2.47. The minimum atomic E-state index is -0.120. The lowest BCUT2D eigenvalue weighted by Crippen LogP contribution is -2.30. The van der Waals surface area contributed by atoms with Crippen LogP contribution in [0, 0.1) is 6.92 Å². The van der Waals surface area contributed by atoms with E-state index >= 15 is 0 Å². The van der Waals surface area contributed by atoms with Crippen LogP contribution in [-0.4, -0.2) is 35.2 Å². The molecule has 0 fully saturated rings. The second-order valence-corrected chi connectivity index (χ2v) is 8.24. The molecule has 6 heteroatoms. The number of hydrogen-bond donors (Lipinski definition) is 1. The molecule has 0 saturated carbocycles. The number of hydrogen-bond acceptors (Lipinski definition) is 4. The highest BCUT2D eigenvalue weighted by atomic mass is 16.5. The summed E-state index contributed by atoms with van der Waals surface area (Å²) in [6.45, 7) is 4.14. The van der Waals surface area contributed by atoms with Crippen LogP contribution in [0.25, 0.3) is 11.0 Å². The molecular weight excluding hydrogens is 426 g/mol. The number of aromatic nitrogens is 2. The lowest BCUT2D eigenvalue weighted by atomic mass is 10.2. The first-order chi connectivity index (χ1) is 16.7. The van der Waals surface area contributed by atoms with Crippen LogP contribution in [0.4, 0.5) is 0 Å². The molecule has 0 unspecified atom stereocenters. The Morgan fingerprint density at radius 1 is 0.882 bits per heavy atom. The van der Waals surface area contributed by atoms with E-state index < -0.39 is 0 Å². The van der Waals surface area contributed by atoms with Crippen LogP contribution in [0.3, 0.4) is 0 Å². The number of para-hydroxylation sites is 3. The van der Waals surface area contributed by atoms with Gasteiger partial charge in [-0.15, -0.1) is 0 Å². The molecular formula is C28H31N3O3. The number of fused-ring (bicyclic) bond motifs is 1. The monoisotopic (exact) mass is 457 g/mol. The van der Waals surface area contributed by atoms with Crippen molar-refractivity contribution in [1.29, 1.82) is 0 Å². The summed E-state index contributed by atoms with van der Waals surface area (Å²) in [5, 5.41) is 2.93. The minimum absolute atomic E-state index is 0.0174. The Labute approximate surface area is 200 Å². The third-order valence-corrected chi connectivity index (χ3v) is 5.56. The van der Waals surface area contributed by atoms with Gasteiger partial charge in [-0.1, -0.05) is 48.0 Å². The predicted octanol–water partition coefficient (Wildman–Crippen LogP) is 4.94. The van der Waals surface area contributed by atoms with E-state index in [0.29, 0.717) is 18.9 Å². The number of rotatable bonds is 12. The van der Waals surface area contributed by atoms with E-state index in [9.17, 15) is 4.79 Å². The molecule has 0 atom stereocenters. The number of nitrogens with one attached hydrogen (secondary N) is 1. The van der Waals surface area contributed by atoms with Crippen LogP contribution in [-0.2, 0) is 17.8 Å². The van der Waals surface area contributed by atoms with Crippen molar-refractivity contribution in [2.24, 2.45) is 0 Å². The highest BCUT2D eigenvalue weighted by molar-refractivity contribution is 5.77. The topological polar surface area (TPSA) is 65.4 Å². The van der Waals surface area contributed by atoms with Crippen molar-refractivity contribution in [3.05, 3.63) is 90.3 Å². The smallest absolute Gasteiger partial charge is 0.257 e. The van der Waals surface area contributed by atoms with Crippen molar-refractivity contribution in [2.75, 3.05) is 19.8 Å². The highest BCUT2D eigenvalue weighted by Gasteiger charge is 2.11. The van der Waals surface area contributed by atoms with Gasteiger partial charge in [-0.05, 0) is 56.2 Å². The maximum absolute atomic E-state index is 12.1. The first kappa shape index (κ1) is 23.4. The standard InChI is InChI=1S/C28H31N3O3/c1-22-14-16-24(17-15-22)33-20-8-19-31-26-12-6-5-11-25(26)30-27(31)13-7-18-29-28(32)21-34-23-9-3-2-4-10-23/h2-6,9-12,14-17H,7-8,13,18-21H2,1H3,(H,29,32). The fraction of sp³-hybridized carbons (Fsp3) is 0.286. The summed E-state index contributed by atoms with van der Waals surface area (Å²) >= 11 is 0. The number of aryl methyl sites for hydroxylation is 3. The Morgan fingerprint density at radius 2 is 1.62 bits per heavy atom. The summed E-state index contributed by atoms with van der Waals surface area (Å²) in [7, 11) is 0. The molecule has 1 heterocycles. The first-order valence-electron chi connectivity index (χ1n) is 11.8. The molecule has 0 saturated heterocycles. The lowest BCUT2D eigenvalue weighted by Gasteiger charge is -2.11. The van der Waals surface area contributed by atoms with E-state index in [1.165, 1.54) is 5.56 Å². The molecule has 0 spiro atoms. The van der Waals surface area contributed by atoms with E-state index in [-0.39, 0.29) is 12.5 Å². The minimum Gasteiger partial charge on any atom is -0.494 e. The average molecular weight is 458 g/mol. The molecule has 0 aliphatic carbocycles. The van der Waals surface area contributed by atoms with Crippen molar-refractivity contribution >= 4 is 16.9 Å². The van der Waals surface area contributed by atoms with Crippen molar-refractivity contribution in [3.63, 3.8) is 0 Å². The predicted molar refractivity (Wildman–Crippen MR) is 134 cm³/mol. The molecule has 34 heavy (non-hydrogen) atoms. The van der Waals surface area contributed by atoms with Gasteiger partial charge in [0, 0.05) is 19.5 Å². The maximum Gasteiger partial charge on any atom is 0.257 e. The second-order valence-electron chi connectivity index (χ2n) is 8.24. The van der Waals surface area contributed by atoms with Gasteiger partial charge in [0.15, 0.2) is 6.61 Å². The summed E-state index contributed by atoms with van der Waals surface area (Å²) in [4.78, 5) is 16.9. The number of nitrogens with zero attached hydrogens (tertiary/aromatic N) is 2. The number of ether oxygens (including phenoxy) is 2. The summed E-state index contributed by atoms with van der Waals surface area (Å²) in [6, 6.07) is 25.7. The number of carbonyl (C=O) groups excluding carboxylic acids is 1. The third-order valence-electron chi connectivity index (χ3n) is 5.56. The van der Waals surface area contributed by atoms with Crippen LogP contribution < -0.4 is 14.8 Å². The van der Waals surface area contributed by atoms with Gasteiger partial charge < -0.3 is 19.4 Å². The molecule has 1 N–H and O–H groups in total. The molecule has 0 radical (unpaired) electrons. The Hall–Kier alpha value is -3.80. The van der Waals surface area contributed by atoms with Gasteiger partial charge in [-0.25, -0.2) is 4.98 Å². The van der Waals surface area contributed by atoms with Gasteiger partial charge in [0.1, 0.15) is 17.3 Å². The zero-order chi connectivity index (χ0) is 23.6. The Balaban J connectivity index is 1.25. The molecule has 4 aromatic rings. The van der Waals surface area contributed by atoms with Crippen LogP contribution in [0.15, 0.2) is 78.9 Å². The van der Waals surface area contributed by atoms with E-state index in [1.54, 1.807) is 0 Å². The quantitative estimate of drug-likeness (QED) is 0.306. The SMILES string of the molecule is Cc1ccc(OCCCn2c(CCCNC(=O)COc3ccccc3)nc3ccccc32)cc1. The molecule has 1 amide bonds. The Bertz CT molecular complexity index is 1190. The molecule has 3 aromatic carbocycles. The largest absolute Gasteiger partial charge is 0.494 e. The average Bonchev–Trinajstić information content (AvgIpc) is 3.22. The molecule has 0 bridgehead atoms. The zero-order valence-corrected chi connectivity index (χ0v) is 19.6. The van der Waals surface area contributed by atoms with Crippen molar-refractivity contribution in [2.45, 2.75) is 32.7 Å². The summed E-state index contributed by atoms with van der Waals surface area (Å²) in [5.41, 5.74) is 3.35. The van der Waals surface area contributed by atoms with Gasteiger partial charge in [-0.2, -0.15) is 0 Å². The highest BCUT2D eigenvalue weighted by Crippen LogP contribution is 2.18. The third kappa shape index (κ3) is 6.61. The van der Waals surface area contributed by atoms with Crippen LogP contribution in [0.5, 0.6) is 11.5 Å². The van der Waals surface area contributed by atoms with Crippen molar-refractivity contribution < 1.29 is 14.3 Å². The molecule has 1 aromatic heterocycles. The second kappa shape index (κ2) is 11.9. The summed E-state index contributed by atoms with van der Waals surface area (Å²) < 4.78 is 13.7. The maximum atomic E-state index is 12.1. The van der Waals surface area contributed by atoms with Crippen LogP contribution >= 0.6 is 0 Å². The van der Waals surface area contributed by atoms with Gasteiger partial charge in [-0.3, -0.25) is 4.79 Å². The molecule has 176 valence electrons. The normalized spacial score (nSPS) is 10.9. The number of benzene rings is 3. The van der Waals surface area contributed by atoms with Crippen molar-refractivity contribution in [1.82, 2.24) is 14.9 Å². The molecule has 6 nitrogen and oxygen atoms in total. The number of imidazole rings is 1. The number of carbonyl (C=O) groups is 1. The molecule has 0 aliphatic rings. The first-order valence-corrected chi connectivity index (χ1v) is 11.8. The fourth-order valence-corrected chi connectivity index (χ4v) is 3.80. The Morgan fingerprint density at radius 3 is 2.44 bits per heavy atom. The molecule has 0 aliphatic heterocycles. The fourth-order valence-electron chi connectivity index (χ4n) is 3.80. The van der Waals surface area contributed by atoms with Crippen LogP contribution in [0.1, 0.15) is 24.2 Å². The van der Waals surface area contributed by atoms with Crippen LogP contribution in [0.2, 0.25) is 0 Å². The Kier molecular flexibility index (Phi) is 8.17. The lowest BCUT2D eigenvalue weighted by molar-refractivity contribution is -0.123. The van der Waals surface area contributed by atoms with Gasteiger partial charge >= 0.3 is 0 Å². The zero-order valence-electron chi connectivity index (χ0n) is 19.6. The van der Waals surface area contributed by atoms with Gasteiger partial charge in [0.05, 0.1) is 17.6 Å². The van der Waals surface area contributed by atoms with Crippen molar-refractivity contribution in [3.8, 4) is 11.5 Å². The van der Waals surface area contributed by atoms with E-state index in [4.69, 9.17) is 14.5 Å².